The molecule has 1 rings (SSSR count). The number of nitrogens with one attached hydrogen (secondary N) is 1. The Morgan fingerprint density at radius 3 is 2.47 bits per heavy atom. The Kier molecular flexibility index (Phi) is 4.45. The van der Waals surface area contributed by atoms with E-state index >= 15 is 0 Å². The van der Waals surface area contributed by atoms with Gasteiger partial charge in [0.15, 0.2) is 0 Å². The molecule has 0 aromatic carbocycles. The van der Waals surface area contributed by atoms with Crippen LogP contribution < -0.4 is 5.32 Å². The molecule has 96 valence electrons. The Morgan fingerprint density at radius 2 is 2.06 bits per heavy atom. The zero-order valence-corrected chi connectivity index (χ0v) is 9.55. The molecule has 1 fully saturated rings. The third-order valence-corrected chi connectivity index (χ3v) is 2.82. The molecule has 0 bridgehead atoms. The van der Waals surface area contributed by atoms with Crippen LogP contribution in [-0.4, -0.2) is 58.6 Å². The minimum Gasteiger partial charge on any atom is -0.481 e. The van der Waals surface area contributed by atoms with Crippen LogP contribution in [0.3, 0.4) is 0 Å². The summed E-state index contributed by atoms with van der Waals surface area (Å²) in [7, 11) is 1.78. The number of hydrogen-bond acceptors (Lipinski definition) is 4. The van der Waals surface area contributed by atoms with Crippen LogP contribution in [0.4, 0.5) is 0 Å². The highest BCUT2D eigenvalue weighted by atomic mass is 16.4. The second-order valence-electron chi connectivity index (χ2n) is 4.14. The average molecular weight is 244 g/mol. The third-order valence-electron chi connectivity index (χ3n) is 2.82. The van der Waals surface area contributed by atoms with Gasteiger partial charge in [-0.25, -0.2) is 4.79 Å². The molecule has 0 aromatic rings. The second kappa shape index (κ2) is 5.62. The van der Waals surface area contributed by atoms with Crippen molar-refractivity contribution in [1.29, 1.82) is 0 Å². The fourth-order valence-corrected chi connectivity index (χ4v) is 1.88. The first-order chi connectivity index (χ1) is 7.91. The summed E-state index contributed by atoms with van der Waals surface area (Å²) in [6.45, 7) is 0.786. The quantitative estimate of drug-likeness (QED) is 0.580. The highest BCUT2D eigenvalue weighted by molar-refractivity contribution is 5.89. The van der Waals surface area contributed by atoms with Gasteiger partial charge in [-0.2, -0.15) is 0 Å². The van der Waals surface area contributed by atoms with Gasteiger partial charge in [-0.3, -0.25) is 14.5 Å². The first-order valence-corrected chi connectivity index (χ1v) is 5.37. The summed E-state index contributed by atoms with van der Waals surface area (Å²) in [5.41, 5.74) is 0. The molecule has 1 amide bonds. The Balaban J connectivity index is 2.57. The topological polar surface area (TPSA) is 107 Å². The molecule has 1 saturated heterocycles. The molecule has 0 spiro atoms. The maximum atomic E-state index is 11.7. The van der Waals surface area contributed by atoms with Gasteiger partial charge >= 0.3 is 11.9 Å². The van der Waals surface area contributed by atoms with Crippen LogP contribution in [0, 0.1) is 0 Å². The van der Waals surface area contributed by atoms with Gasteiger partial charge in [0.2, 0.25) is 5.91 Å². The summed E-state index contributed by atoms with van der Waals surface area (Å²) < 4.78 is 0. The molecule has 0 saturated carbocycles. The first kappa shape index (κ1) is 13.4. The summed E-state index contributed by atoms with van der Waals surface area (Å²) in [6.07, 6.45) is 0.935. The lowest BCUT2D eigenvalue weighted by molar-refractivity contribution is -0.147. The van der Waals surface area contributed by atoms with Gasteiger partial charge in [-0.05, 0) is 26.4 Å². The van der Waals surface area contributed by atoms with Crippen molar-refractivity contribution in [2.24, 2.45) is 0 Å². The first-order valence-electron chi connectivity index (χ1n) is 5.37. The number of carbonyl (C=O) groups excluding carboxylic acids is 1. The zero-order chi connectivity index (χ0) is 13.0. The van der Waals surface area contributed by atoms with E-state index in [4.69, 9.17) is 10.2 Å². The summed E-state index contributed by atoms with van der Waals surface area (Å²) in [6, 6.07) is -1.72. The Hall–Kier alpha value is -1.63. The Bertz CT molecular complexity index is 331. The van der Waals surface area contributed by atoms with E-state index in [1.54, 1.807) is 7.05 Å². The molecule has 0 aliphatic carbocycles. The summed E-state index contributed by atoms with van der Waals surface area (Å²) in [5, 5.41) is 19.6. The SMILES string of the molecule is CN1CCC[C@H]1C(=O)N[C@@H](CC(=O)O)C(=O)O. The van der Waals surface area contributed by atoms with Crippen LogP contribution in [0.5, 0.6) is 0 Å². The highest BCUT2D eigenvalue weighted by Crippen LogP contribution is 2.14. The van der Waals surface area contributed by atoms with Gasteiger partial charge < -0.3 is 15.5 Å². The van der Waals surface area contributed by atoms with Gasteiger partial charge in [-0.1, -0.05) is 0 Å². The number of likely N-dealkylation sites (tertiary alicyclic amines) is 1. The normalized spacial score (nSPS) is 22.1. The maximum absolute atomic E-state index is 11.7. The molecule has 1 aliphatic heterocycles. The van der Waals surface area contributed by atoms with E-state index in [0.717, 1.165) is 13.0 Å². The molecule has 1 heterocycles. The van der Waals surface area contributed by atoms with Crippen LogP contribution in [0.1, 0.15) is 19.3 Å². The standard InChI is InChI=1S/C10H16N2O5/c1-12-4-2-3-7(12)9(15)11-6(10(16)17)5-8(13)14/h6-7H,2-5H2,1H3,(H,11,15)(H,13,14)(H,16,17)/t6-,7-/m0/s1. The van der Waals surface area contributed by atoms with Gasteiger partial charge in [0.25, 0.3) is 0 Å². The van der Waals surface area contributed by atoms with Crippen LogP contribution in [0.25, 0.3) is 0 Å². The molecule has 0 radical (unpaired) electrons. The van der Waals surface area contributed by atoms with E-state index in [1.165, 1.54) is 0 Å². The van der Waals surface area contributed by atoms with Crippen molar-refractivity contribution in [1.82, 2.24) is 10.2 Å². The molecule has 7 nitrogen and oxygen atoms in total. The molecular formula is C10H16N2O5. The van der Waals surface area contributed by atoms with E-state index in [2.05, 4.69) is 5.32 Å². The van der Waals surface area contributed by atoms with Crippen molar-refractivity contribution in [3.05, 3.63) is 0 Å². The monoisotopic (exact) mass is 244 g/mol. The predicted octanol–water partition coefficient (Wildman–Crippen LogP) is -0.875. The van der Waals surface area contributed by atoms with Gasteiger partial charge in [0.05, 0.1) is 12.5 Å². The van der Waals surface area contributed by atoms with Crippen molar-refractivity contribution < 1.29 is 24.6 Å². The molecule has 17 heavy (non-hydrogen) atoms. The number of nitrogens with zero attached hydrogens (tertiary/aromatic N) is 1. The van der Waals surface area contributed by atoms with Gasteiger partial charge in [0, 0.05) is 0 Å². The molecule has 1 aliphatic rings. The van der Waals surface area contributed by atoms with Crippen LogP contribution >= 0.6 is 0 Å². The van der Waals surface area contributed by atoms with Crippen LogP contribution in [0.2, 0.25) is 0 Å². The lowest BCUT2D eigenvalue weighted by Crippen LogP contribution is -2.49. The van der Waals surface area contributed by atoms with Gasteiger partial charge in [-0.15, -0.1) is 0 Å². The molecule has 2 atom stereocenters. The average Bonchev–Trinajstić information content (AvgIpc) is 2.62. The molecule has 0 aromatic heterocycles. The number of aliphatic carboxylic acids is 2. The summed E-state index contributed by atoms with van der Waals surface area (Å²) in [4.78, 5) is 34.8. The van der Waals surface area contributed by atoms with E-state index in [1.807, 2.05) is 4.90 Å². The van der Waals surface area contributed by atoms with Crippen molar-refractivity contribution in [3.63, 3.8) is 0 Å². The molecular weight excluding hydrogens is 228 g/mol. The summed E-state index contributed by atoms with van der Waals surface area (Å²) in [5.74, 6) is -3.00. The smallest absolute Gasteiger partial charge is 0.326 e. The number of amides is 1. The van der Waals surface area contributed by atoms with E-state index in [0.29, 0.717) is 6.42 Å². The minimum atomic E-state index is -1.37. The van der Waals surface area contributed by atoms with E-state index < -0.39 is 30.3 Å². The highest BCUT2D eigenvalue weighted by Gasteiger charge is 2.31. The third kappa shape index (κ3) is 3.70. The zero-order valence-electron chi connectivity index (χ0n) is 9.55. The number of carbonyl (C=O) groups is 3. The van der Waals surface area contributed by atoms with Crippen molar-refractivity contribution in [3.8, 4) is 0 Å². The lowest BCUT2D eigenvalue weighted by Gasteiger charge is -2.21. The number of likely N-dealkylation sites (N-methyl/N-ethyl adjacent to an activating group) is 1. The van der Waals surface area contributed by atoms with Crippen LogP contribution in [-0.2, 0) is 14.4 Å². The molecule has 0 unspecified atom stereocenters. The Morgan fingerprint density at radius 1 is 1.41 bits per heavy atom. The largest absolute Gasteiger partial charge is 0.481 e. The second-order valence-corrected chi connectivity index (χ2v) is 4.14. The van der Waals surface area contributed by atoms with E-state index in [9.17, 15) is 14.4 Å². The fraction of sp³-hybridized carbons (Fsp3) is 0.700. The maximum Gasteiger partial charge on any atom is 0.326 e. The summed E-state index contributed by atoms with van der Waals surface area (Å²) >= 11 is 0. The lowest BCUT2D eigenvalue weighted by atomic mass is 10.1. The van der Waals surface area contributed by atoms with Gasteiger partial charge in [0.1, 0.15) is 6.04 Å². The molecule has 3 N–H and O–H groups in total. The van der Waals surface area contributed by atoms with Crippen LogP contribution in [0.15, 0.2) is 0 Å². The van der Waals surface area contributed by atoms with Crippen molar-refractivity contribution in [2.75, 3.05) is 13.6 Å². The fourth-order valence-electron chi connectivity index (χ4n) is 1.88. The number of carboxylic acids is 2. The van der Waals surface area contributed by atoms with Crippen molar-refractivity contribution in [2.45, 2.75) is 31.3 Å². The Labute approximate surface area is 98.4 Å². The molecule has 7 heteroatoms. The number of hydrogen-bond donors (Lipinski definition) is 3. The predicted molar refractivity (Wildman–Crippen MR) is 57.5 cm³/mol. The van der Waals surface area contributed by atoms with Crippen molar-refractivity contribution >= 4 is 17.8 Å². The minimum absolute atomic E-state index is 0.356. The van der Waals surface area contributed by atoms with E-state index in [-0.39, 0.29) is 6.04 Å². The number of carboxylic acid groups (broad SMARTS) is 2. The number of rotatable bonds is 5.